The van der Waals surface area contributed by atoms with Gasteiger partial charge in [-0.1, -0.05) is 6.07 Å². The summed E-state index contributed by atoms with van der Waals surface area (Å²) in [4.78, 5) is 12.4. The molecule has 0 aliphatic heterocycles. The van der Waals surface area contributed by atoms with Crippen LogP contribution in [0, 0.1) is 6.92 Å². The topological polar surface area (TPSA) is 85.4 Å². The molecule has 0 unspecified atom stereocenters. The lowest BCUT2D eigenvalue weighted by Gasteiger charge is -2.11. The van der Waals surface area contributed by atoms with Crippen LogP contribution in [0.25, 0.3) is 0 Å². The second-order valence-corrected chi connectivity index (χ2v) is 5.82. The van der Waals surface area contributed by atoms with Crippen molar-refractivity contribution < 1.29 is 14.3 Å². The number of benzene rings is 2. The van der Waals surface area contributed by atoms with Gasteiger partial charge in [0.1, 0.15) is 11.5 Å². The van der Waals surface area contributed by atoms with Crippen molar-refractivity contribution in [3.05, 3.63) is 65.9 Å². The summed E-state index contributed by atoms with van der Waals surface area (Å²) in [5.41, 5.74) is 2.64. The molecule has 3 aromatic rings. The summed E-state index contributed by atoms with van der Waals surface area (Å²) >= 11 is 0. The fraction of sp³-hybridized carbons (Fsp3) is 0.150. The summed E-state index contributed by atoms with van der Waals surface area (Å²) in [6.45, 7) is 1.94. The van der Waals surface area contributed by atoms with E-state index in [2.05, 4.69) is 20.8 Å². The average molecular weight is 364 g/mol. The molecule has 0 spiro atoms. The zero-order valence-electron chi connectivity index (χ0n) is 15.3. The molecule has 1 heterocycles. The molecule has 1 amide bonds. The second kappa shape index (κ2) is 8.18. The normalized spacial score (nSPS) is 10.2. The Labute approximate surface area is 157 Å². The lowest BCUT2D eigenvalue weighted by atomic mass is 10.2. The summed E-state index contributed by atoms with van der Waals surface area (Å²) in [5.74, 6) is 1.53. The van der Waals surface area contributed by atoms with Gasteiger partial charge in [-0.2, -0.15) is 0 Å². The van der Waals surface area contributed by atoms with Crippen LogP contribution in [0.3, 0.4) is 0 Å². The highest BCUT2D eigenvalue weighted by molar-refractivity contribution is 6.03. The molecule has 0 saturated heterocycles. The molecule has 0 aliphatic rings. The molecular weight excluding hydrogens is 344 g/mol. The molecule has 0 saturated carbocycles. The Morgan fingerprint density at radius 1 is 0.926 bits per heavy atom. The van der Waals surface area contributed by atoms with Gasteiger partial charge in [0, 0.05) is 5.69 Å². The van der Waals surface area contributed by atoms with Crippen LogP contribution in [0.4, 0.5) is 17.2 Å². The van der Waals surface area contributed by atoms with Crippen LogP contribution < -0.4 is 20.1 Å². The second-order valence-electron chi connectivity index (χ2n) is 5.82. The average Bonchev–Trinajstić information content (AvgIpc) is 2.69. The first-order valence-electron chi connectivity index (χ1n) is 8.30. The smallest absolute Gasteiger partial charge is 0.276 e. The Morgan fingerprint density at radius 2 is 1.70 bits per heavy atom. The molecule has 2 aromatic carbocycles. The van der Waals surface area contributed by atoms with E-state index in [1.807, 2.05) is 43.3 Å². The molecule has 138 valence electrons. The first kappa shape index (κ1) is 18.2. The van der Waals surface area contributed by atoms with E-state index in [-0.39, 0.29) is 11.6 Å². The molecule has 0 atom stereocenters. The van der Waals surface area contributed by atoms with Crippen molar-refractivity contribution in [3.8, 4) is 11.5 Å². The fourth-order valence-electron chi connectivity index (χ4n) is 2.45. The Balaban J connectivity index is 1.69. The summed E-state index contributed by atoms with van der Waals surface area (Å²) in [7, 11) is 3.17. The number of nitrogens with zero attached hydrogens (tertiary/aromatic N) is 2. The minimum absolute atomic E-state index is 0.207. The highest BCUT2D eigenvalue weighted by Crippen LogP contribution is 2.25. The summed E-state index contributed by atoms with van der Waals surface area (Å²) in [5, 5.41) is 14.0. The van der Waals surface area contributed by atoms with Gasteiger partial charge >= 0.3 is 0 Å². The number of rotatable bonds is 6. The van der Waals surface area contributed by atoms with Gasteiger partial charge in [-0.25, -0.2) is 0 Å². The van der Waals surface area contributed by atoms with Crippen molar-refractivity contribution in [3.63, 3.8) is 0 Å². The monoisotopic (exact) mass is 364 g/mol. The quantitative estimate of drug-likeness (QED) is 0.692. The summed E-state index contributed by atoms with van der Waals surface area (Å²) in [6, 6.07) is 16.3. The summed E-state index contributed by atoms with van der Waals surface area (Å²) < 4.78 is 10.4. The lowest BCUT2D eigenvalue weighted by Crippen LogP contribution is -2.15. The van der Waals surface area contributed by atoms with Gasteiger partial charge in [0.25, 0.3) is 5.91 Å². The number of hydrogen-bond donors (Lipinski definition) is 2. The van der Waals surface area contributed by atoms with Crippen LogP contribution in [0.5, 0.6) is 11.5 Å². The van der Waals surface area contributed by atoms with Crippen molar-refractivity contribution in [1.29, 1.82) is 0 Å². The van der Waals surface area contributed by atoms with Gasteiger partial charge in [-0.05, 0) is 61.0 Å². The van der Waals surface area contributed by atoms with E-state index in [9.17, 15) is 4.79 Å². The third kappa shape index (κ3) is 4.52. The number of aromatic nitrogens is 2. The Morgan fingerprint density at radius 3 is 2.33 bits per heavy atom. The number of carbonyl (C=O) groups is 1. The zero-order valence-corrected chi connectivity index (χ0v) is 15.3. The minimum Gasteiger partial charge on any atom is -0.497 e. The standard InChI is InChI=1S/C20H20N4O3/c1-13-4-10-18(27-3)17(12-13)22-20(25)16-9-11-19(24-23-16)21-14-5-7-15(26-2)8-6-14/h4-12H,1-3H3,(H,21,24)(H,22,25). The number of nitrogens with one attached hydrogen (secondary N) is 2. The maximum atomic E-state index is 12.4. The number of ether oxygens (including phenoxy) is 2. The van der Waals surface area contributed by atoms with Crippen molar-refractivity contribution in [2.24, 2.45) is 0 Å². The third-order valence-corrected chi connectivity index (χ3v) is 3.86. The molecular formula is C20H20N4O3. The lowest BCUT2D eigenvalue weighted by molar-refractivity contribution is 0.102. The number of methoxy groups -OCH3 is 2. The predicted octanol–water partition coefficient (Wildman–Crippen LogP) is 3.80. The minimum atomic E-state index is -0.359. The van der Waals surface area contributed by atoms with E-state index in [0.717, 1.165) is 17.0 Å². The Bertz CT molecular complexity index is 925. The first-order chi connectivity index (χ1) is 13.1. The molecule has 0 fully saturated rings. The third-order valence-electron chi connectivity index (χ3n) is 3.86. The van der Waals surface area contributed by atoms with Gasteiger partial charge in [-0.3, -0.25) is 4.79 Å². The van der Waals surface area contributed by atoms with Gasteiger partial charge in [0.2, 0.25) is 0 Å². The first-order valence-corrected chi connectivity index (χ1v) is 8.30. The van der Waals surface area contributed by atoms with E-state index in [0.29, 0.717) is 17.3 Å². The van der Waals surface area contributed by atoms with Gasteiger partial charge in [-0.15, -0.1) is 10.2 Å². The molecule has 0 bridgehead atoms. The van der Waals surface area contributed by atoms with Crippen molar-refractivity contribution in [2.45, 2.75) is 6.92 Å². The molecule has 3 rings (SSSR count). The van der Waals surface area contributed by atoms with Crippen LogP contribution in [0.1, 0.15) is 16.1 Å². The van der Waals surface area contributed by atoms with E-state index in [1.54, 1.807) is 32.4 Å². The van der Waals surface area contributed by atoms with Gasteiger partial charge < -0.3 is 20.1 Å². The Hall–Kier alpha value is -3.61. The maximum absolute atomic E-state index is 12.4. The van der Waals surface area contributed by atoms with Crippen molar-refractivity contribution in [2.75, 3.05) is 24.9 Å². The van der Waals surface area contributed by atoms with E-state index in [1.165, 1.54) is 0 Å². The van der Waals surface area contributed by atoms with Crippen molar-refractivity contribution in [1.82, 2.24) is 10.2 Å². The van der Waals surface area contributed by atoms with Crippen LogP contribution in [-0.2, 0) is 0 Å². The number of aryl methyl sites for hydroxylation is 1. The molecule has 1 aromatic heterocycles. The molecule has 0 radical (unpaired) electrons. The number of hydrogen-bond acceptors (Lipinski definition) is 6. The largest absolute Gasteiger partial charge is 0.497 e. The van der Waals surface area contributed by atoms with E-state index < -0.39 is 0 Å². The van der Waals surface area contributed by atoms with Crippen molar-refractivity contribution >= 4 is 23.1 Å². The number of anilines is 3. The SMILES string of the molecule is COc1ccc(Nc2ccc(C(=O)Nc3cc(C)ccc3OC)nn2)cc1. The van der Waals surface area contributed by atoms with Crippen LogP contribution in [0.2, 0.25) is 0 Å². The zero-order chi connectivity index (χ0) is 19.2. The number of amides is 1. The number of carbonyl (C=O) groups excluding carboxylic acids is 1. The van der Waals surface area contributed by atoms with Gasteiger partial charge in [0.15, 0.2) is 11.5 Å². The van der Waals surface area contributed by atoms with Crippen LogP contribution in [-0.4, -0.2) is 30.3 Å². The molecule has 0 aliphatic carbocycles. The molecule has 2 N–H and O–H groups in total. The maximum Gasteiger partial charge on any atom is 0.276 e. The molecule has 7 nitrogen and oxygen atoms in total. The highest BCUT2D eigenvalue weighted by Gasteiger charge is 2.12. The molecule has 27 heavy (non-hydrogen) atoms. The van der Waals surface area contributed by atoms with Gasteiger partial charge in [0.05, 0.1) is 19.9 Å². The van der Waals surface area contributed by atoms with Crippen LogP contribution >= 0.6 is 0 Å². The van der Waals surface area contributed by atoms with E-state index in [4.69, 9.17) is 9.47 Å². The fourth-order valence-corrected chi connectivity index (χ4v) is 2.45. The Kier molecular flexibility index (Phi) is 5.51. The predicted molar refractivity (Wildman–Crippen MR) is 104 cm³/mol. The molecule has 7 heteroatoms. The van der Waals surface area contributed by atoms with E-state index >= 15 is 0 Å². The summed E-state index contributed by atoms with van der Waals surface area (Å²) in [6.07, 6.45) is 0. The van der Waals surface area contributed by atoms with Crippen LogP contribution in [0.15, 0.2) is 54.6 Å². The highest BCUT2D eigenvalue weighted by atomic mass is 16.5.